The Bertz CT molecular complexity index is 462. The molecule has 0 saturated carbocycles. The molecule has 0 amide bonds. The van der Waals surface area contributed by atoms with Gasteiger partial charge >= 0.3 is 0 Å². The number of hydrogen-bond acceptors (Lipinski definition) is 1. The predicted octanol–water partition coefficient (Wildman–Crippen LogP) is 2.80. The third kappa shape index (κ3) is 2.74. The minimum atomic E-state index is 0.707. The second-order valence-electron chi connectivity index (χ2n) is 3.82. The van der Waals surface area contributed by atoms with Crippen LogP contribution in [0, 0.1) is 0 Å². The zero-order chi connectivity index (χ0) is 11.4. The maximum Gasteiger partial charge on any atom is 0.0481 e. The standard InChI is InChI=1S/C13H15BrN2/c14-13-4-2-1-3-12(13)10-16-8-6-11(9-16)5-7-15/h1-4,6,8-9H,5,7,10,15H2. The summed E-state index contributed by atoms with van der Waals surface area (Å²) in [6.45, 7) is 1.60. The van der Waals surface area contributed by atoms with Crippen LogP contribution in [0.1, 0.15) is 11.1 Å². The molecule has 0 aliphatic rings. The van der Waals surface area contributed by atoms with Crippen molar-refractivity contribution in [2.24, 2.45) is 5.73 Å². The van der Waals surface area contributed by atoms with E-state index in [2.05, 4.69) is 57.2 Å². The lowest BCUT2D eigenvalue weighted by molar-refractivity contribution is 0.797. The highest BCUT2D eigenvalue weighted by atomic mass is 79.9. The smallest absolute Gasteiger partial charge is 0.0481 e. The highest BCUT2D eigenvalue weighted by molar-refractivity contribution is 9.10. The van der Waals surface area contributed by atoms with E-state index >= 15 is 0 Å². The Morgan fingerprint density at radius 1 is 1.19 bits per heavy atom. The number of benzene rings is 1. The van der Waals surface area contributed by atoms with Gasteiger partial charge in [-0.25, -0.2) is 0 Å². The molecule has 0 radical (unpaired) electrons. The van der Waals surface area contributed by atoms with Crippen molar-refractivity contribution in [3.8, 4) is 0 Å². The molecular weight excluding hydrogens is 264 g/mol. The summed E-state index contributed by atoms with van der Waals surface area (Å²) in [6.07, 6.45) is 5.21. The molecule has 0 unspecified atom stereocenters. The number of nitrogens with zero attached hydrogens (tertiary/aromatic N) is 1. The first-order chi connectivity index (χ1) is 7.79. The number of halogens is 1. The summed E-state index contributed by atoms with van der Waals surface area (Å²) in [6, 6.07) is 10.4. The topological polar surface area (TPSA) is 30.9 Å². The van der Waals surface area contributed by atoms with Crippen LogP contribution in [0.5, 0.6) is 0 Å². The highest BCUT2D eigenvalue weighted by Crippen LogP contribution is 2.17. The Balaban J connectivity index is 2.11. The molecule has 1 aromatic carbocycles. The van der Waals surface area contributed by atoms with Gasteiger partial charge in [0, 0.05) is 23.4 Å². The van der Waals surface area contributed by atoms with Gasteiger partial charge in [0.05, 0.1) is 0 Å². The van der Waals surface area contributed by atoms with Crippen LogP contribution >= 0.6 is 15.9 Å². The van der Waals surface area contributed by atoms with E-state index in [1.807, 2.05) is 6.07 Å². The zero-order valence-electron chi connectivity index (χ0n) is 9.07. The van der Waals surface area contributed by atoms with E-state index in [0.717, 1.165) is 17.4 Å². The van der Waals surface area contributed by atoms with E-state index in [1.54, 1.807) is 0 Å². The third-order valence-electron chi connectivity index (χ3n) is 2.56. The van der Waals surface area contributed by atoms with Crippen molar-refractivity contribution < 1.29 is 0 Å². The Hall–Kier alpha value is -1.06. The molecule has 2 rings (SSSR count). The summed E-state index contributed by atoms with van der Waals surface area (Å²) < 4.78 is 3.34. The highest BCUT2D eigenvalue weighted by Gasteiger charge is 2.00. The molecule has 1 heterocycles. The predicted molar refractivity (Wildman–Crippen MR) is 70.4 cm³/mol. The van der Waals surface area contributed by atoms with Gasteiger partial charge in [0.25, 0.3) is 0 Å². The van der Waals surface area contributed by atoms with E-state index in [0.29, 0.717) is 6.54 Å². The molecular formula is C13H15BrN2. The fourth-order valence-electron chi connectivity index (χ4n) is 1.73. The summed E-state index contributed by atoms with van der Waals surface area (Å²) in [7, 11) is 0. The number of aromatic nitrogens is 1. The average Bonchev–Trinajstić information content (AvgIpc) is 2.70. The molecule has 1 aromatic heterocycles. The van der Waals surface area contributed by atoms with Crippen LogP contribution in [0.3, 0.4) is 0 Å². The van der Waals surface area contributed by atoms with Gasteiger partial charge in [0.2, 0.25) is 0 Å². The molecule has 0 saturated heterocycles. The van der Waals surface area contributed by atoms with Crippen molar-refractivity contribution >= 4 is 15.9 Å². The van der Waals surface area contributed by atoms with Gasteiger partial charge in [-0.2, -0.15) is 0 Å². The van der Waals surface area contributed by atoms with Gasteiger partial charge in [-0.05, 0) is 36.2 Å². The molecule has 0 bridgehead atoms. The number of nitrogens with two attached hydrogens (primary N) is 1. The van der Waals surface area contributed by atoms with Crippen LogP contribution in [0.4, 0.5) is 0 Å². The lowest BCUT2D eigenvalue weighted by Gasteiger charge is -2.05. The molecule has 0 aliphatic heterocycles. The van der Waals surface area contributed by atoms with Gasteiger partial charge in [-0.1, -0.05) is 34.1 Å². The molecule has 0 fully saturated rings. The molecule has 0 atom stereocenters. The first kappa shape index (κ1) is 11.4. The lowest BCUT2D eigenvalue weighted by atomic mass is 10.2. The number of hydrogen-bond donors (Lipinski definition) is 1. The quantitative estimate of drug-likeness (QED) is 0.916. The fourth-order valence-corrected chi connectivity index (χ4v) is 2.14. The minimum Gasteiger partial charge on any atom is -0.350 e. The molecule has 16 heavy (non-hydrogen) atoms. The van der Waals surface area contributed by atoms with Crippen LogP contribution in [0.15, 0.2) is 47.2 Å². The van der Waals surface area contributed by atoms with Gasteiger partial charge in [0.15, 0.2) is 0 Å². The SMILES string of the molecule is NCCc1ccn(Cc2ccccc2Br)c1. The monoisotopic (exact) mass is 278 g/mol. The summed E-state index contributed by atoms with van der Waals surface area (Å²) >= 11 is 3.56. The first-order valence-electron chi connectivity index (χ1n) is 5.37. The first-order valence-corrected chi connectivity index (χ1v) is 6.17. The van der Waals surface area contributed by atoms with Gasteiger partial charge < -0.3 is 10.3 Å². The summed E-state index contributed by atoms with van der Waals surface area (Å²) in [5.74, 6) is 0. The summed E-state index contributed by atoms with van der Waals surface area (Å²) in [5, 5.41) is 0. The van der Waals surface area contributed by atoms with Crippen LogP contribution in [-0.4, -0.2) is 11.1 Å². The lowest BCUT2D eigenvalue weighted by Crippen LogP contribution is -2.02. The van der Waals surface area contributed by atoms with Crippen molar-refractivity contribution in [3.63, 3.8) is 0 Å². The molecule has 2 aromatic rings. The zero-order valence-corrected chi connectivity index (χ0v) is 10.7. The molecule has 2 N–H and O–H groups in total. The van der Waals surface area contributed by atoms with Crippen LogP contribution in [0.2, 0.25) is 0 Å². The van der Waals surface area contributed by atoms with E-state index in [1.165, 1.54) is 11.1 Å². The second kappa shape index (κ2) is 5.32. The Morgan fingerprint density at radius 2 is 2.00 bits per heavy atom. The summed E-state index contributed by atoms with van der Waals surface area (Å²) in [5.41, 5.74) is 8.12. The average molecular weight is 279 g/mol. The van der Waals surface area contributed by atoms with Crippen molar-refractivity contribution in [2.75, 3.05) is 6.54 Å². The summed E-state index contributed by atoms with van der Waals surface area (Å²) in [4.78, 5) is 0. The van der Waals surface area contributed by atoms with Crippen LogP contribution < -0.4 is 5.73 Å². The molecule has 0 spiro atoms. The third-order valence-corrected chi connectivity index (χ3v) is 3.33. The van der Waals surface area contributed by atoms with E-state index in [-0.39, 0.29) is 0 Å². The fraction of sp³-hybridized carbons (Fsp3) is 0.231. The van der Waals surface area contributed by atoms with E-state index < -0.39 is 0 Å². The normalized spacial score (nSPS) is 10.6. The van der Waals surface area contributed by atoms with Crippen molar-refractivity contribution in [1.29, 1.82) is 0 Å². The Labute approximate surface area is 104 Å². The van der Waals surface area contributed by atoms with E-state index in [4.69, 9.17) is 5.73 Å². The molecule has 0 aliphatic carbocycles. The molecule has 3 heteroatoms. The van der Waals surface area contributed by atoms with Crippen molar-refractivity contribution in [1.82, 2.24) is 4.57 Å². The molecule has 2 nitrogen and oxygen atoms in total. The Kier molecular flexibility index (Phi) is 3.80. The molecule has 84 valence electrons. The van der Waals surface area contributed by atoms with Crippen molar-refractivity contribution in [3.05, 3.63) is 58.3 Å². The largest absolute Gasteiger partial charge is 0.350 e. The van der Waals surface area contributed by atoms with Gasteiger partial charge in [-0.3, -0.25) is 0 Å². The van der Waals surface area contributed by atoms with Crippen molar-refractivity contribution in [2.45, 2.75) is 13.0 Å². The number of rotatable bonds is 4. The maximum absolute atomic E-state index is 5.53. The Morgan fingerprint density at radius 3 is 2.75 bits per heavy atom. The minimum absolute atomic E-state index is 0.707. The second-order valence-corrected chi connectivity index (χ2v) is 4.68. The van der Waals surface area contributed by atoms with Gasteiger partial charge in [0.1, 0.15) is 0 Å². The van der Waals surface area contributed by atoms with Crippen LogP contribution in [0.25, 0.3) is 0 Å². The van der Waals surface area contributed by atoms with Crippen LogP contribution in [-0.2, 0) is 13.0 Å². The van der Waals surface area contributed by atoms with E-state index in [9.17, 15) is 0 Å². The maximum atomic E-state index is 5.53. The van der Waals surface area contributed by atoms with Gasteiger partial charge in [-0.15, -0.1) is 0 Å².